The quantitative estimate of drug-likeness (QED) is 0.727. The molecule has 3 aromatic rings. The van der Waals surface area contributed by atoms with Gasteiger partial charge < -0.3 is 18.8 Å². The van der Waals surface area contributed by atoms with E-state index in [2.05, 4.69) is 15.0 Å². The molecule has 1 atom stereocenters. The van der Waals surface area contributed by atoms with E-state index >= 15 is 0 Å². The number of aryl methyl sites for hydroxylation is 1. The standard InChI is InChI=1S/C19H21N3O4/c1-2-16-20-18(26-21-16)19(23)10-11-22(13-19)12-15-8-9-17(25-15)24-14-6-4-3-5-7-14/h3-9,23H,2,10-13H2,1H3. The minimum atomic E-state index is -1.10. The molecule has 7 nitrogen and oxygen atoms in total. The average Bonchev–Trinajstić information content (AvgIpc) is 3.37. The summed E-state index contributed by atoms with van der Waals surface area (Å²) in [6, 6.07) is 13.2. The number of likely N-dealkylation sites (tertiary alicyclic amines) is 1. The van der Waals surface area contributed by atoms with Gasteiger partial charge in [-0.2, -0.15) is 4.98 Å². The van der Waals surface area contributed by atoms with Gasteiger partial charge in [0.1, 0.15) is 11.5 Å². The largest absolute Gasteiger partial charge is 0.429 e. The van der Waals surface area contributed by atoms with Gasteiger partial charge in [-0.1, -0.05) is 30.3 Å². The van der Waals surface area contributed by atoms with Gasteiger partial charge in [0.2, 0.25) is 0 Å². The second-order valence-electron chi connectivity index (χ2n) is 6.50. The highest BCUT2D eigenvalue weighted by Gasteiger charge is 2.42. The minimum absolute atomic E-state index is 0.296. The fourth-order valence-corrected chi connectivity index (χ4v) is 3.09. The van der Waals surface area contributed by atoms with E-state index in [1.807, 2.05) is 43.3 Å². The van der Waals surface area contributed by atoms with Crippen LogP contribution in [0.15, 0.2) is 51.4 Å². The third-order valence-corrected chi connectivity index (χ3v) is 4.49. The molecule has 0 saturated carbocycles. The van der Waals surface area contributed by atoms with Crippen LogP contribution in [0, 0.1) is 0 Å². The summed E-state index contributed by atoms with van der Waals surface area (Å²) in [6.45, 7) is 3.67. The third-order valence-electron chi connectivity index (χ3n) is 4.49. The molecule has 2 aromatic heterocycles. The zero-order chi connectivity index (χ0) is 18.0. The number of hydrogen-bond donors (Lipinski definition) is 1. The van der Waals surface area contributed by atoms with Gasteiger partial charge in [-0.25, -0.2) is 0 Å². The van der Waals surface area contributed by atoms with Crippen molar-refractivity contribution in [3.63, 3.8) is 0 Å². The molecule has 1 aromatic carbocycles. The van der Waals surface area contributed by atoms with E-state index in [-0.39, 0.29) is 0 Å². The predicted molar refractivity (Wildman–Crippen MR) is 92.7 cm³/mol. The first kappa shape index (κ1) is 16.8. The van der Waals surface area contributed by atoms with Crippen LogP contribution in [0.5, 0.6) is 11.7 Å². The molecular formula is C19H21N3O4. The number of hydrogen-bond acceptors (Lipinski definition) is 7. The van der Waals surface area contributed by atoms with Gasteiger partial charge in [0.25, 0.3) is 11.8 Å². The molecule has 0 aliphatic carbocycles. The fourth-order valence-electron chi connectivity index (χ4n) is 3.09. The Balaban J connectivity index is 1.38. The van der Waals surface area contributed by atoms with Gasteiger partial charge >= 0.3 is 0 Å². The summed E-state index contributed by atoms with van der Waals surface area (Å²) < 4.78 is 16.7. The number of furan rings is 1. The monoisotopic (exact) mass is 355 g/mol. The number of aromatic nitrogens is 2. The Kier molecular flexibility index (Phi) is 4.48. The van der Waals surface area contributed by atoms with Crippen molar-refractivity contribution in [1.29, 1.82) is 0 Å². The SMILES string of the molecule is CCc1noc(C2(O)CCN(Cc3ccc(Oc4ccccc4)o3)C2)n1. The van der Waals surface area contributed by atoms with E-state index in [0.29, 0.717) is 43.6 Å². The molecular weight excluding hydrogens is 334 g/mol. The lowest BCUT2D eigenvalue weighted by molar-refractivity contribution is 0.0125. The minimum Gasteiger partial charge on any atom is -0.429 e. The van der Waals surface area contributed by atoms with Crippen LogP contribution in [0.3, 0.4) is 0 Å². The van der Waals surface area contributed by atoms with Gasteiger partial charge in [0.15, 0.2) is 11.4 Å². The van der Waals surface area contributed by atoms with Gasteiger partial charge in [-0.05, 0) is 24.6 Å². The van der Waals surface area contributed by atoms with E-state index in [0.717, 1.165) is 18.1 Å². The number of para-hydroxylation sites is 1. The van der Waals surface area contributed by atoms with E-state index in [1.165, 1.54) is 0 Å². The van der Waals surface area contributed by atoms with Gasteiger partial charge in [0.05, 0.1) is 6.54 Å². The maximum absolute atomic E-state index is 10.8. The summed E-state index contributed by atoms with van der Waals surface area (Å²) in [5.74, 6) is 2.86. The van der Waals surface area contributed by atoms with Crippen LogP contribution >= 0.6 is 0 Å². The first-order valence-electron chi connectivity index (χ1n) is 8.74. The number of rotatable bonds is 6. The fraction of sp³-hybridized carbons (Fsp3) is 0.368. The molecule has 4 rings (SSSR count). The highest BCUT2D eigenvalue weighted by molar-refractivity contribution is 5.26. The maximum Gasteiger partial charge on any atom is 0.290 e. The summed E-state index contributed by atoms with van der Waals surface area (Å²) in [6.07, 6.45) is 1.23. The Hall–Kier alpha value is -2.64. The van der Waals surface area contributed by atoms with Crippen LogP contribution in [-0.2, 0) is 18.6 Å². The molecule has 0 bridgehead atoms. The lowest BCUT2D eigenvalue weighted by atomic mass is 10.0. The van der Waals surface area contributed by atoms with Crippen molar-refractivity contribution in [2.75, 3.05) is 13.1 Å². The highest BCUT2D eigenvalue weighted by Crippen LogP contribution is 2.32. The van der Waals surface area contributed by atoms with Gasteiger partial charge in [-0.3, -0.25) is 4.90 Å². The summed E-state index contributed by atoms with van der Waals surface area (Å²) in [4.78, 5) is 6.38. The van der Waals surface area contributed by atoms with E-state index in [9.17, 15) is 5.11 Å². The molecule has 136 valence electrons. The van der Waals surface area contributed by atoms with Gasteiger partial charge in [0, 0.05) is 25.6 Å². The normalized spacial score (nSPS) is 20.5. The van der Waals surface area contributed by atoms with Crippen molar-refractivity contribution < 1.29 is 18.8 Å². The van der Waals surface area contributed by atoms with Crippen molar-refractivity contribution >= 4 is 0 Å². The molecule has 1 N–H and O–H groups in total. The van der Waals surface area contributed by atoms with Crippen molar-refractivity contribution in [3.05, 3.63) is 59.9 Å². The van der Waals surface area contributed by atoms with E-state index in [4.69, 9.17) is 13.7 Å². The summed E-state index contributed by atoms with van der Waals surface area (Å²) in [5.41, 5.74) is -1.10. The molecule has 0 spiro atoms. The van der Waals surface area contributed by atoms with Crippen LogP contribution in [0.25, 0.3) is 0 Å². The molecule has 1 saturated heterocycles. The zero-order valence-electron chi connectivity index (χ0n) is 14.6. The third kappa shape index (κ3) is 3.49. The van der Waals surface area contributed by atoms with Crippen molar-refractivity contribution in [3.8, 4) is 11.7 Å². The second kappa shape index (κ2) is 6.93. The Morgan fingerprint density at radius 1 is 1.23 bits per heavy atom. The number of β-amino-alcohol motifs (C(OH)–C–C–N with tert-alkyl or cyclic N) is 1. The first-order valence-corrected chi connectivity index (χ1v) is 8.74. The molecule has 26 heavy (non-hydrogen) atoms. The number of aliphatic hydroxyl groups is 1. The van der Waals surface area contributed by atoms with Crippen molar-refractivity contribution in [2.24, 2.45) is 0 Å². The van der Waals surface area contributed by atoms with Crippen LogP contribution in [0.2, 0.25) is 0 Å². The molecule has 7 heteroatoms. The second-order valence-corrected chi connectivity index (χ2v) is 6.50. The predicted octanol–water partition coefficient (Wildman–Crippen LogP) is 3.11. The number of benzene rings is 1. The molecule has 0 amide bonds. The lowest BCUT2D eigenvalue weighted by Gasteiger charge is -2.18. The van der Waals surface area contributed by atoms with E-state index < -0.39 is 5.60 Å². The summed E-state index contributed by atoms with van der Waals surface area (Å²) >= 11 is 0. The topological polar surface area (TPSA) is 84.8 Å². The molecule has 0 radical (unpaired) electrons. The molecule has 3 heterocycles. The number of nitrogens with zero attached hydrogens (tertiary/aromatic N) is 3. The first-order chi connectivity index (χ1) is 12.6. The summed E-state index contributed by atoms with van der Waals surface area (Å²) in [5, 5.41) is 14.7. The highest BCUT2D eigenvalue weighted by atomic mass is 16.6. The van der Waals surface area contributed by atoms with Crippen molar-refractivity contribution in [1.82, 2.24) is 15.0 Å². The van der Waals surface area contributed by atoms with E-state index in [1.54, 1.807) is 6.07 Å². The maximum atomic E-state index is 10.8. The molecule has 1 unspecified atom stereocenters. The van der Waals surface area contributed by atoms with Crippen LogP contribution in [0.4, 0.5) is 0 Å². The van der Waals surface area contributed by atoms with Gasteiger partial charge in [-0.15, -0.1) is 0 Å². The lowest BCUT2D eigenvalue weighted by Crippen LogP contribution is -2.31. The average molecular weight is 355 g/mol. The Morgan fingerprint density at radius 2 is 2.08 bits per heavy atom. The van der Waals surface area contributed by atoms with Crippen LogP contribution < -0.4 is 4.74 Å². The Morgan fingerprint density at radius 3 is 2.85 bits per heavy atom. The Bertz CT molecular complexity index is 861. The number of ether oxygens (including phenoxy) is 1. The molecule has 1 aliphatic heterocycles. The molecule has 1 fully saturated rings. The smallest absolute Gasteiger partial charge is 0.290 e. The molecule has 1 aliphatic rings. The van der Waals surface area contributed by atoms with Crippen LogP contribution in [0.1, 0.15) is 30.8 Å². The van der Waals surface area contributed by atoms with Crippen LogP contribution in [-0.4, -0.2) is 33.2 Å². The van der Waals surface area contributed by atoms with Crippen molar-refractivity contribution in [2.45, 2.75) is 31.9 Å². The Labute approximate surface area is 151 Å². The zero-order valence-corrected chi connectivity index (χ0v) is 14.6. The summed E-state index contributed by atoms with van der Waals surface area (Å²) in [7, 11) is 0.